The van der Waals surface area contributed by atoms with E-state index >= 15 is 0 Å². The van der Waals surface area contributed by atoms with Crippen LogP contribution in [-0.4, -0.2) is 6.54 Å². The second kappa shape index (κ2) is 4.93. The summed E-state index contributed by atoms with van der Waals surface area (Å²) in [5.74, 6) is -0.776. The van der Waals surface area contributed by atoms with Crippen LogP contribution in [0.25, 0.3) is 0 Å². The van der Waals surface area contributed by atoms with Crippen molar-refractivity contribution in [2.45, 2.75) is 13.0 Å². The molecule has 0 saturated carbocycles. The Morgan fingerprint density at radius 2 is 2.05 bits per heavy atom. The predicted molar refractivity (Wildman–Crippen MR) is 72.3 cm³/mol. The first-order chi connectivity index (χ1) is 9.69. The lowest BCUT2D eigenvalue weighted by Crippen LogP contribution is -2.20. The number of hydrogen-bond acceptors (Lipinski definition) is 2. The first-order valence-corrected chi connectivity index (χ1v) is 6.40. The molecule has 0 saturated heterocycles. The standard InChI is InChI=1S/C16H12F2N2/c17-14-5-4-11-6-7-20(15(11)8-14)10-13-3-1-2-12(9-19)16(13)18/h1-5,8H,6-7,10H2. The van der Waals surface area contributed by atoms with Crippen molar-refractivity contribution >= 4 is 5.69 Å². The van der Waals surface area contributed by atoms with E-state index < -0.39 is 5.82 Å². The van der Waals surface area contributed by atoms with E-state index in [1.54, 1.807) is 18.2 Å². The largest absolute Gasteiger partial charge is 0.366 e. The van der Waals surface area contributed by atoms with Crippen molar-refractivity contribution < 1.29 is 8.78 Å². The van der Waals surface area contributed by atoms with Gasteiger partial charge in [-0.2, -0.15) is 5.26 Å². The second-order valence-corrected chi connectivity index (χ2v) is 4.84. The monoisotopic (exact) mass is 270 g/mol. The predicted octanol–water partition coefficient (Wildman–Crippen LogP) is 3.40. The smallest absolute Gasteiger partial charge is 0.145 e. The number of nitriles is 1. The summed E-state index contributed by atoms with van der Waals surface area (Å²) in [6.07, 6.45) is 0.829. The number of fused-ring (bicyclic) bond motifs is 1. The maximum absolute atomic E-state index is 14.1. The molecule has 100 valence electrons. The van der Waals surface area contributed by atoms with Gasteiger partial charge in [0, 0.05) is 24.3 Å². The normalized spacial score (nSPS) is 13.2. The fraction of sp³-hybridized carbons (Fsp3) is 0.188. The molecule has 4 heteroatoms. The van der Waals surface area contributed by atoms with Crippen LogP contribution in [0.4, 0.5) is 14.5 Å². The fourth-order valence-corrected chi connectivity index (χ4v) is 2.58. The van der Waals surface area contributed by atoms with Gasteiger partial charge in [0.05, 0.1) is 5.56 Å². The molecule has 0 aromatic heterocycles. The summed E-state index contributed by atoms with van der Waals surface area (Å²) in [6.45, 7) is 1.08. The number of anilines is 1. The van der Waals surface area contributed by atoms with Gasteiger partial charge in [-0.25, -0.2) is 8.78 Å². The highest BCUT2D eigenvalue weighted by Crippen LogP contribution is 2.30. The number of nitrogens with zero attached hydrogens (tertiary/aromatic N) is 2. The molecule has 0 N–H and O–H groups in total. The molecule has 2 aromatic rings. The van der Waals surface area contributed by atoms with Crippen LogP contribution in [-0.2, 0) is 13.0 Å². The van der Waals surface area contributed by atoms with Gasteiger partial charge in [-0.05, 0) is 30.2 Å². The van der Waals surface area contributed by atoms with E-state index in [0.29, 0.717) is 12.1 Å². The Hall–Kier alpha value is -2.41. The van der Waals surface area contributed by atoms with Crippen LogP contribution < -0.4 is 4.90 Å². The third-order valence-corrected chi connectivity index (χ3v) is 3.60. The summed E-state index contributed by atoms with van der Waals surface area (Å²) in [5.41, 5.74) is 2.39. The zero-order valence-corrected chi connectivity index (χ0v) is 10.7. The average Bonchev–Trinajstić information content (AvgIpc) is 2.83. The van der Waals surface area contributed by atoms with Crippen LogP contribution in [0.2, 0.25) is 0 Å². The molecule has 2 nitrogen and oxygen atoms in total. The summed E-state index contributed by atoms with van der Waals surface area (Å²) in [7, 11) is 0. The zero-order valence-electron chi connectivity index (χ0n) is 10.7. The zero-order chi connectivity index (χ0) is 14.1. The van der Waals surface area contributed by atoms with Crippen LogP contribution in [0.3, 0.4) is 0 Å². The van der Waals surface area contributed by atoms with Gasteiger partial charge in [0.25, 0.3) is 0 Å². The van der Waals surface area contributed by atoms with E-state index in [9.17, 15) is 8.78 Å². The summed E-state index contributed by atoms with van der Waals surface area (Å²) in [5, 5.41) is 8.84. The Morgan fingerprint density at radius 3 is 2.85 bits per heavy atom. The van der Waals surface area contributed by atoms with Gasteiger partial charge >= 0.3 is 0 Å². The minimum Gasteiger partial charge on any atom is -0.366 e. The molecule has 20 heavy (non-hydrogen) atoms. The van der Waals surface area contributed by atoms with Crippen molar-refractivity contribution in [1.82, 2.24) is 0 Å². The van der Waals surface area contributed by atoms with Crippen molar-refractivity contribution in [2.24, 2.45) is 0 Å². The van der Waals surface area contributed by atoms with Crippen LogP contribution in [0.5, 0.6) is 0 Å². The number of halogens is 2. The molecule has 0 aliphatic carbocycles. The minimum atomic E-state index is -0.486. The van der Waals surface area contributed by atoms with Crippen LogP contribution in [0.15, 0.2) is 36.4 Å². The SMILES string of the molecule is N#Cc1cccc(CN2CCc3ccc(F)cc32)c1F. The molecule has 0 spiro atoms. The molecule has 0 unspecified atom stereocenters. The van der Waals surface area contributed by atoms with E-state index in [1.165, 1.54) is 18.2 Å². The molecule has 1 aliphatic heterocycles. The molecular weight excluding hydrogens is 258 g/mol. The topological polar surface area (TPSA) is 27.0 Å². The van der Waals surface area contributed by atoms with Gasteiger partial charge in [-0.1, -0.05) is 18.2 Å². The lowest BCUT2D eigenvalue weighted by atomic mass is 10.1. The van der Waals surface area contributed by atoms with Crippen molar-refractivity contribution in [3.05, 3.63) is 64.7 Å². The minimum absolute atomic E-state index is 0.0427. The molecule has 0 atom stereocenters. The molecule has 1 aliphatic rings. The number of rotatable bonds is 2. The Bertz CT molecular complexity index is 704. The number of benzene rings is 2. The van der Waals surface area contributed by atoms with Crippen molar-refractivity contribution in [2.75, 3.05) is 11.4 Å². The van der Waals surface area contributed by atoms with E-state index in [0.717, 1.165) is 24.2 Å². The van der Waals surface area contributed by atoms with Gasteiger partial charge in [0.1, 0.15) is 17.7 Å². The lowest BCUT2D eigenvalue weighted by molar-refractivity contribution is 0.601. The maximum Gasteiger partial charge on any atom is 0.145 e. The number of hydrogen-bond donors (Lipinski definition) is 0. The Morgan fingerprint density at radius 1 is 1.20 bits per heavy atom. The highest BCUT2D eigenvalue weighted by molar-refractivity contribution is 5.58. The quantitative estimate of drug-likeness (QED) is 0.836. The van der Waals surface area contributed by atoms with Gasteiger partial charge in [0.15, 0.2) is 0 Å². The maximum atomic E-state index is 14.1. The van der Waals surface area contributed by atoms with Crippen LogP contribution in [0.1, 0.15) is 16.7 Å². The average molecular weight is 270 g/mol. The summed E-state index contributed by atoms with van der Waals surface area (Å²) < 4.78 is 27.4. The van der Waals surface area contributed by atoms with Crippen LogP contribution in [0, 0.1) is 23.0 Å². The van der Waals surface area contributed by atoms with Crippen molar-refractivity contribution in [3.8, 4) is 6.07 Å². The fourth-order valence-electron chi connectivity index (χ4n) is 2.58. The third-order valence-electron chi connectivity index (χ3n) is 3.60. The molecule has 3 rings (SSSR count). The van der Waals surface area contributed by atoms with Crippen molar-refractivity contribution in [1.29, 1.82) is 5.26 Å². The Balaban J connectivity index is 1.92. The molecule has 0 amide bonds. The van der Waals surface area contributed by atoms with E-state index in [1.807, 2.05) is 11.0 Å². The van der Waals surface area contributed by atoms with Crippen LogP contribution >= 0.6 is 0 Å². The third kappa shape index (κ3) is 2.12. The molecular formula is C16H12F2N2. The molecule has 2 aromatic carbocycles. The summed E-state index contributed by atoms with van der Waals surface area (Å²) in [6, 6.07) is 11.3. The molecule has 1 heterocycles. The summed E-state index contributed by atoms with van der Waals surface area (Å²) >= 11 is 0. The highest BCUT2D eigenvalue weighted by Gasteiger charge is 2.21. The summed E-state index contributed by atoms with van der Waals surface area (Å²) in [4.78, 5) is 1.94. The highest BCUT2D eigenvalue weighted by atomic mass is 19.1. The second-order valence-electron chi connectivity index (χ2n) is 4.84. The molecule has 0 radical (unpaired) electrons. The van der Waals surface area contributed by atoms with Gasteiger partial charge in [0.2, 0.25) is 0 Å². The Kier molecular flexibility index (Phi) is 3.11. The van der Waals surface area contributed by atoms with Gasteiger partial charge in [-0.15, -0.1) is 0 Å². The molecule has 0 fully saturated rings. The van der Waals surface area contributed by atoms with E-state index in [2.05, 4.69) is 0 Å². The Labute approximate surface area is 115 Å². The first kappa shape index (κ1) is 12.6. The van der Waals surface area contributed by atoms with Crippen molar-refractivity contribution in [3.63, 3.8) is 0 Å². The lowest BCUT2D eigenvalue weighted by Gasteiger charge is -2.20. The first-order valence-electron chi connectivity index (χ1n) is 6.40. The molecule has 0 bridgehead atoms. The van der Waals surface area contributed by atoms with E-state index in [4.69, 9.17) is 5.26 Å². The van der Waals surface area contributed by atoms with E-state index in [-0.39, 0.29) is 11.4 Å². The van der Waals surface area contributed by atoms with Gasteiger partial charge in [-0.3, -0.25) is 0 Å². The van der Waals surface area contributed by atoms with Gasteiger partial charge < -0.3 is 4.90 Å².